The summed E-state index contributed by atoms with van der Waals surface area (Å²) in [6.45, 7) is 3.95. The topological polar surface area (TPSA) is 91.7 Å². The molecule has 0 aromatic heterocycles. The molecule has 1 aromatic rings. The van der Waals surface area contributed by atoms with Gasteiger partial charge in [-0.25, -0.2) is 11.0 Å². The van der Waals surface area contributed by atoms with Gasteiger partial charge < -0.3 is 11.1 Å². The van der Waals surface area contributed by atoms with E-state index in [0.717, 1.165) is 16.1 Å². The molecular weight excluding hydrogens is 320 g/mol. The zero-order valence-corrected chi connectivity index (χ0v) is 15.7. The van der Waals surface area contributed by atoms with Crippen molar-refractivity contribution in [2.45, 2.75) is 62.9 Å². The first-order valence-electron chi connectivity index (χ1n) is 8.63. The molecule has 0 unspecified atom stereocenters. The highest BCUT2D eigenvalue weighted by atomic mass is 32.2. The minimum atomic E-state index is 0.0909. The molecule has 0 aliphatic heterocycles. The van der Waals surface area contributed by atoms with E-state index < -0.39 is 0 Å². The number of amidine groups is 1. The molecular formula is C17H30N6S. The summed E-state index contributed by atoms with van der Waals surface area (Å²) < 4.78 is 3.09. The van der Waals surface area contributed by atoms with Crippen LogP contribution in [-0.2, 0) is 0 Å². The molecule has 0 bridgehead atoms. The van der Waals surface area contributed by atoms with E-state index in [1.54, 1.807) is 11.9 Å². The first-order valence-corrected chi connectivity index (χ1v) is 9.45. The summed E-state index contributed by atoms with van der Waals surface area (Å²) in [4.78, 5) is 1.09. The number of hydrogen-bond acceptors (Lipinski definition) is 6. The van der Waals surface area contributed by atoms with E-state index in [1.165, 1.54) is 37.2 Å². The summed E-state index contributed by atoms with van der Waals surface area (Å²) in [7, 11) is 1.90. The number of nitrogens with one attached hydrogen (secondary N) is 2. The number of hydrazone groups is 1. The summed E-state index contributed by atoms with van der Waals surface area (Å²) in [5, 5.41) is 9.39. The lowest BCUT2D eigenvalue weighted by Crippen LogP contribution is -2.35. The van der Waals surface area contributed by atoms with Crippen molar-refractivity contribution >= 4 is 23.5 Å². The molecule has 1 saturated carbocycles. The van der Waals surface area contributed by atoms with Crippen LogP contribution in [0.25, 0.3) is 0 Å². The van der Waals surface area contributed by atoms with E-state index >= 15 is 0 Å². The lowest BCUT2D eigenvalue weighted by molar-refractivity contribution is 0.239. The molecule has 1 aliphatic rings. The van der Waals surface area contributed by atoms with Crippen LogP contribution in [0.4, 0.5) is 5.69 Å². The van der Waals surface area contributed by atoms with E-state index in [2.05, 4.69) is 33.3 Å². The van der Waals surface area contributed by atoms with Gasteiger partial charge >= 0.3 is 0 Å². The van der Waals surface area contributed by atoms with Crippen LogP contribution in [-0.4, -0.2) is 30.1 Å². The second-order valence-corrected chi connectivity index (χ2v) is 7.54. The maximum Gasteiger partial charge on any atom is 0.154 e. The van der Waals surface area contributed by atoms with Crippen molar-refractivity contribution in [2.75, 3.05) is 12.4 Å². The van der Waals surface area contributed by atoms with Gasteiger partial charge in [0, 0.05) is 22.2 Å². The molecule has 6 N–H and O–H groups in total. The second-order valence-electron chi connectivity index (χ2n) is 6.45. The van der Waals surface area contributed by atoms with E-state index in [-0.39, 0.29) is 6.04 Å². The van der Waals surface area contributed by atoms with Crippen LogP contribution in [0.3, 0.4) is 0 Å². The van der Waals surface area contributed by atoms with Crippen molar-refractivity contribution in [1.82, 2.24) is 9.84 Å². The standard InChI is InChI=1S/C17H30N6S/c1-12(2)23(19)22-17(18)15-11-14(24-20-3)9-10-16(15)21-13-7-5-4-6-8-13/h9-13,20-21H,4-8,19H2,1-3H3,(H2,18,22). The Kier molecular flexibility index (Phi) is 7.20. The average molecular weight is 351 g/mol. The maximum atomic E-state index is 6.26. The zero-order chi connectivity index (χ0) is 17.5. The molecule has 6 nitrogen and oxygen atoms in total. The summed E-state index contributed by atoms with van der Waals surface area (Å²) in [5.41, 5.74) is 8.19. The van der Waals surface area contributed by atoms with Crippen LogP contribution in [0.2, 0.25) is 0 Å². The predicted molar refractivity (Wildman–Crippen MR) is 104 cm³/mol. The van der Waals surface area contributed by atoms with Crippen LogP contribution < -0.4 is 21.6 Å². The largest absolute Gasteiger partial charge is 0.382 e. The first-order chi connectivity index (χ1) is 11.5. The van der Waals surface area contributed by atoms with Crippen molar-refractivity contribution in [1.29, 1.82) is 0 Å². The third-order valence-electron chi connectivity index (χ3n) is 4.20. The van der Waals surface area contributed by atoms with Gasteiger partial charge in [-0.15, -0.1) is 5.10 Å². The highest BCUT2D eigenvalue weighted by molar-refractivity contribution is 7.97. The molecule has 0 radical (unpaired) electrons. The smallest absolute Gasteiger partial charge is 0.154 e. The molecule has 0 atom stereocenters. The Labute approximate surface area is 149 Å². The van der Waals surface area contributed by atoms with Crippen LogP contribution in [0.5, 0.6) is 0 Å². The number of hydrazine groups is 1. The Bertz CT molecular complexity index is 554. The van der Waals surface area contributed by atoms with Crippen molar-refractivity contribution < 1.29 is 0 Å². The van der Waals surface area contributed by atoms with Crippen LogP contribution in [0.1, 0.15) is 51.5 Å². The molecule has 1 aliphatic carbocycles. The highest BCUT2D eigenvalue weighted by Gasteiger charge is 2.16. The average Bonchev–Trinajstić information content (AvgIpc) is 2.57. The SMILES string of the molecule is CNSc1ccc(NC2CCCCC2)c(/C(N)=N/N(N)C(C)C)c1. The van der Waals surface area contributed by atoms with E-state index in [4.69, 9.17) is 11.6 Å². The first kappa shape index (κ1) is 18.9. The fraction of sp³-hybridized carbons (Fsp3) is 0.588. The van der Waals surface area contributed by atoms with E-state index in [1.807, 2.05) is 20.9 Å². The molecule has 1 fully saturated rings. The summed E-state index contributed by atoms with van der Waals surface area (Å²) in [6.07, 6.45) is 6.32. The molecule has 1 aromatic carbocycles. The molecule has 24 heavy (non-hydrogen) atoms. The van der Waals surface area contributed by atoms with Gasteiger partial charge in [-0.2, -0.15) is 0 Å². The van der Waals surface area contributed by atoms with Crippen LogP contribution in [0, 0.1) is 0 Å². The monoisotopic (exact) mass is 350 g/mol. The van der Waals surface area contributed by atoms with Gasteiger partial charge in [-0.05, 0) is 63.9 Å². The quantitative estimate of drug-likeness (QED) is 0.199. The predicted octanol–water partition coefficient (Wildman–Crippen LogP) is 2.86. The zero-order valence-electron chi connectivity index (χ0n) is 14.9. The lowest BCUT2D eigenvalue weighted by Gasteiger charge is -2.25. The van der Waals surface area contributed by atoms with Gasteiger partial charge in [0.1, 0.15) is 0 Å². The van der Waals surface area contributed by atoms with E-state index in [0.29, 0.717) is 11.9 Å². The number of rotatable bonds is 7. The van der Waals surface area contributed by atoms with Gasteiger partial charge in [-0.3, -0.25) is 4.72 Å². The Morgan fingerprint density at radius 3 is 2.62 bits per heavy atom. The number of hydrogen-bond donors (Lipinski definition) is 4. The number of benzene rings is 1. The fourth-order valence-electron chi connectivity index (χ4n) is 2.80. The maximum absolute atomic E-state index is 6.26. The summed E-state index contributed by atoms with van der Waals surface area (Å²) >= 11 is 1.55. The van der Waals surface area contributed by atoms with E-state index in [9.17, 15) is 0 Å². The number of nitrogens with zero attached hydrogens (tertiary/aromatic N) is 2. The third-order valence-corrected chi connectivity index (χ3v) is 4.90. The van der Waals surface area contributed by atoms with Gasteiger partial charge in [0.25, 0.3) is 0 Å². The second kappa shape index (κ2) is 9.15. The summed E-state index contributed by atoms with van der Waals surface area (Å²) in [5.74, 6) is 6.35. The van der Waals surface area contributed by atoms with Gasteiger partial charge in [-0.1, -0.05) is 19.3 Å². The van der Waals surface area contributed by atoms with Crippen molar-refractivity contribution in [3.63, 3.8) is 0 Å². The minimum absolute atomic E-state index is 0.0909. The third kappa shape index (κ3) is 5.29. The van der Waals surface area contributed by atoms with Gasteiger partial charge in [0.05, 0.1) is 6.04 Å². The van der Waals surface area contributed by atoms with Crippen LogP contribution >= 0.6 is 11.9 Å². The summed E-state index contributed by atoms with van der Waals surface area (Å²) in [6, 6.07) is 6.83. The van der Waals surface area contributed by atoms with Crippen molar-refractivity contribution in [3.8, 4) is 0 Å². The minimum Gasteiger partial charge on any atom is -0.382 e. The molecule has 2 rings (SSSR count). The van der Waals surface area contributed by atoms with Gasteiger partial charge in [0.15, 0.2) is 5.84 Å². The van der Waals surface area contributed by atoms with Gasteiger partial charge in [0.2, 0.25) is 0 Å². The highest BCUT2D eigenvalue weighted by Crippen LogP contribution is 2.27. The molecule has 0 spiro atoms. The number of anilines is 1. The fourth-order valence-corrected chi connectivity index (χ4v) is 3.35. The molecule has 0 heterocycles. The molecule has 7 heteroatoms. The Morgan fingerprint density at radius 2 is 2.00 bits per heavy atom. The van der Waals surface area contributed by atoms with Crippen molar-refractivity contribution in [2.24, 2.45) is 16.7 Å². The molecule has 0 amide bonds. The van der Waals surface area contributed by atoms with Crippen LogP contribution in [0.15, 0.2) is 28.2 Å². The van der Waals surface area contributed by atoms with Crippen molar-refractivity contribution in [3.05, 3.63) is 23.8 Å². The Morgan fingerprint density at radius 1 is 1.29 bits per heavy atom. The number of nitrogens with two attached hydrogens (primary N) is 2. The lowest BCUT2D eigenvalue weighted by atomic mass is 9.95. The Hall–Kier alpha value is -1.44. The Balaban J connectivity index is 2.27. The molecule has 0 saturated heterocycles. The molecule has 134 valence electrons. The normalized spacial score (nSPS) is 16.5.